The van der Waals surface area contributed by atoms with Crippen LogP contribution in [-0.2, 0) is 24.4 Å². The molecule has 1 atom stereocenters. The number of aryl methyl sites for hydroxylation is 2. The lowest BCUT2D eigenvalue weighted by molar-refractivity contribution is 0.120. The van der Waals surface area contributed by atoms with Crippen LogP contribution in [0.4, 0.5) is 0 Å². The molecule has 2 aromatic carbocycles. The molecule has 2 aromatic heterocycles. The molecule has 0 aliphatic carbocycles. The second-order valence-corrected chi connectivity index (χ2v) is 9.81. The highest BCUT2D eigenvalue weighted by Crippen LogP contribution is 2.32. The van der Waals surface area contributed by atoms with Gasteiger partial charge in [0.25, 0.3) is 5.56 Å². The fraction of sp³-hybridized carbons (Fsp3) is 0.429. The predicted octanol–water partition coefficient (Wildman–Crippen LogP) is 4.19. The van der Waals surface area contributed by atoms with Gasteiger partial charge < -0.3 is 14.5 Å². The molecule has 0 fully saturated rings. The summed E-state index contributed by atoms with van der Waals surface area (Å²) in [5, 5.41) is 13.6. The molecule has 0 saturated heterocycles. The predicted molar refractivity (Wildman–Crippen MR) is 144 cm³/mol. The van der Waals surface area contributed by atoms with E-state index in [0.29, 0.717) is 31.8 Å². The molecule has 0 amide bonds. The van der Waals surface area contributed by atoms with Crippen LogP contribution in [-0.4, -0.2) is 50.9 Å². The van der Waals surface area contributed by atoms with Crippen LogP contribution >= 0.6 is 0 Å². The van der Waals surface area contributed by atoms with Gasteiger partial charge in [-0.05, 0) is 71.0 Å². The second-order valence-electron chi connectivity index (χ2n) is 9.81. The van der Waals surface area contributed by atoms with Crippen molar-refractivity contribution in [3.05, 3.63) is 80.9 Å². The van der Waals surface area contributed by atoms with E-state index in [-0.39, 0.29) is 17.5 Å². The maximum absolute atomic E-state index is 13.3. The number of pyridine rings is 1. The molecule has 0 unspecified atom stereocenters. The number of aromatic nitrogens is 5. The van der Waals surface area contributed by atoms with Crippen LogP contribution in [0.3, 0.4) is 0 Å². The van der Waals surface area contributed by atoms with Crippen LogP contribution in [0.1, 0.15) is 48.0 Å². The lowest BCUT2D eigenvalue weighted by Crippen LogP contribution is -2.35. The molecular weight excluding hydrogens is 468 g/mol. The Labute approximate surface area is 217 Å². The largest absolute Gasteiger partial charge is 0.496 e. The minimum Gasteiger partial charge on any atom is -0.496 e. The Morgan fingerprint density at radius 2 is 1.76 bits per heavy atom. The third-order valence-electron chi connectivity index (χ3n) is 6.83. The van der Waals surface area contributed by atoms with E-state index in [2.05, 4.69) is 59.2 Å². The summed E-state index contributed by atoms with van der Waals surface area (Å²) in [6.07, 6.45) is 0. The van der Waals surface area contributed by atoms with E-state index < -0.39 is 0 Å². The molecule has 0 spiro atoms. The fourth-order valence-corrected chi connectivity index (χ4v) is 4.81. The number of H-pyrrole nitrogens is 1. The normalized spacial score (nSPS) is 12.5. The standard InChI is InChI=1S/C28H36N6O3/c1-18(2)26(27-30-31-32-34(27)11-12-36-5)33(16-21-9-7-8-10-25(21)37-6)17-23-15-22-13-19(3)20(4)14-24(22)29-28(23)35/h7-10,13-15,18,26H,11-12,16-17H2,1-6H3,(H,29,35)/t26-/m1/s1. The van der Waals surface area contributed by atoms with Crippen molar-refractivity contribution in [3.63, 3.8) is 0 Å². The molecule has 9 nitrogen and oxygen atoms in total. The zero-order valence-electron chi connectivity index (χ0n) is 22.5. The first-order valence-electron chi connectivity index (χ1n) is 12.6. The Morgan fingerprint density at radius 3 is 2.49 bits per heavy atom. The van der Waals surface area contributed by atoms with E-state index in [4.69, 9.17) is 9.47 Å². The van der Waals surface area contributed by atoms with Crippen molar-refractivity contribution < 1.29 is 9.47 Å². The van der Waals surface area contributed by atoms with Gasteiger partial charge in [0.15, 0.2) is 5.82 Å². The van der Waals surface area contributed by atoms with Crippen molar-refractivity contribution in [2.24, 2.45) is 5.92 Å². The summed E-state index contributed by atoms with van der Waals surface area (Å²) in [6.45, 7) is 10.4. The number of hydrogen-bond donors (Lipinski definition) is 1. The molecule has 37 heavy (non-hydrogen) atoms. The number of nitrogens with one attached hydrogen (secondary N) is 1. The Balaban J connectivity index is 1.80. The summed E-state index contributed by atoms with van der Waals surface area (Å²) >= 11 is 0. The Hall–Kier alpha value is -3.56. The molecule has 4 rings (SSSR count). The molecule has 0 aliphatic rings. The van der Waals surface area contributed by atoms with Crippen LogP contribution in [0, 0.1) is 19.8 Å². The van der Waals surface area contributed by atoms with E-state index in [9.17, 15) is 4.79 Å². The van der Waals surface area contributed by atoms with Gasteiger partial charge in [-0.2, -0.15) is 0 Å². The van der Waals surface area contributed by atoms with E-state index >= 15 is 0 Å². The van der Waals surface area contributed by atoms with E-state index in [0.717, 1.165) is 33.6 Å². The quantitative estimate of drug-likeness (QED) is 0.327. The topological polar surface area (TPSA) is 98.2 Å². The molecular formula is C28H36N6O3. The Bertz CT molecular complexity index is 1410. The maximum atomic E-state index is 13.3. The van der Waals surface area contributed by atoms with Gasteiger partial charge in [-0.3, -0.25) is 9.69 Å². The van der Waals surface area contributed by atoms with E-state index in [1.54, 1.807) is 18.9 Å². The average molecular weight is 505 g/mol. The highest BCUT2D eigenvalue weighted by atomic mass is 16.5. The number of methoxy groups -OCH3 is 2. The van der Waals surface area contributed by atoms with Crippen LogP contribution in [0.2, 0.25) is 0 Å². The van der Waals surface area contributed by atoms with Crippen molar-refractivity contribution in [1.82, 2.24) is 30.1 Å². The number of aromatic amines is 1. The number of benzene rings is 2. The number of fused-ring (bicyclic) bond motifs is 1. The van der Waals surface area contributed by atoms with Crippen LogP contribution in [0.25, 0.3) is 10.9 Å². The molecule has 4 aromatic rings. The number of ether oxygens (including phenoxy) is 2. The van der Waals surface area contributed by atoms with Crippen LogP contribution < -0.4 is 10.3 Å². The third kappa shape index (κ3) is 5.89. The zero-order valence-corrected chi connectivity index (χ0v) is 22.5. The van der Waals surface area contributed by atoms with Gasteiger partial charge in [0.1, 0.15) is 5.75 Å². The number of para-hydroxylation sites is 1. The highest BCUT2D eigenvalue weighted by Gasteiger charge is 2.30. The number of nitrogens with zero attached hydrogens (tertiary/aromatic N) is 5. The monoisotopic (exact) mass is 504 g/mol. The first kappa shape index (κ1) is 26.5. The summed E-state index contributed by atoms with van der Waals surface area (Å²) in [5.41, 5.74) is 4.80. The molecule has 2 heterocycles. The number of tetrazole rings is 1. The van der Waals surface area contributed by atoms with Crippen LogP contribution in [0.5, 0.6) is 5.75 Å². The van der Waals surface area contributed by atoms with Gasteiger partial charge in [0, 0.05) is 36.8 Å². The van der Waals surface area contributed by atoms with Gasteiger partial charge in [0.2, 0.25) is 0 Å². The maximum Gasteiger partial charge on any atom is 0.252 e. The van der Waals surface area contributed by atoms with Gasteiger partial charge in [0.05, 0.1) is 26.3 Å². The SMILES string of the molecule is COCCn1nnnc1[C@@H](C(C)C)N(Cc1ccccc1OC)Cc1cc2cc(C)c(C)cc2[nH]c1=O. The van der Waals surface area contributed by atoms with Crippen molar-refractivity contribution >= 4 is 10.9 Å². The number of hydrogen-bond acceptors (Lipinski definition) is 7. The van der Waals surface area contributed by atoms with Crippen molar-refractivity contribution in [2.45, 2.75) is 53.4 Å². The smallest absolute Gasteiger partial charge is 0.252 e. The summed E-state index contributed by atoms with van der Waals surface area (Å²) in [6, 6.07) is 14.0. The third-order valence-corrected chi connectivity index (χ3v) is 6.83. The van der Waals surface area contributed by atoms with E-state index in [1.807, 2.05) is 36.4 Å². The molecule has 0 bridgehead atoms. The van der Waals surface area contributed by atoms with E-state index in [1.165, 1.54) is 5.56 Å². The summed E-state index contributed by atoms with van der Waals surface area (Å²) in [5.74, 6) is 1.70. The Kier molecular flexibility index (Phi) is 8.35. The second kappa shape index (κ2) is 11.7. The lowest BCUT2D eigenvalue weighted by Gasteiger charge is -2.34. The molecule has 0 saturated carbocycles. The summed E-state index contributed by atoms with van der Waals surface area (Å²) < 4.78 is 12.7. The molecule has 196 valence electrons. The number of rotatable bonds is 11. The first-order valence-corrected chi connectivity index (χ1v) is 12.6. The average Bonchev–Trinajstić information content (AvgIpc) is 3.32. The molecule has 1 N–H and O–H groups in total. The molecule has 0 radical (unpaired) electrons. The van der Waals surface area contributed by atoms with Gasteiger partial charge >= 0.3 is 0 Å². The van der Waals surface area contributed by atoms with Crippen LogP contribution in [0.15, 0.2) is 47.3 Å². The minimum atomic E-state index is -0.161. The Morgan fingerprint density at radius 1 is 1.03 bits per heavy atom. The molecule has 0 aliphatic heterocycles. The molecule has 9 heteroatoms. The zero-order chi connectivity index (χ0) is 26.5. The van der Waals surface area contributed by atoms with Gasteiger partial charge in [-0.1, -0.05) is 32.0 Å². The highest BCUT2D eigenvalue weighted by molar-refractivity contribution is 5.80. The fourth-order valence-electron chi connectivity index (χ4n) is 4.81. The summed E-state index contributed by atoms with van der Waals surface area (Å²) in [4.78, 5) is 18.6. The summed E-state index contributed by atoms with van der Waals surface area (Å²) in [7, 11) is 3.33. The first-order chi connectivity index (χ1) is 17.8. The minimum absolute atomic E-state index is 0.0951. The van der Waals surface area contributed by atoms with Crippen molar-refractivity contribution in [2.75, 3.05) is 20.8 Å². The lowest BCUT2D eigenvalue weighted by atomic mass is 9.99. The van der Waals surface area contributed by atoms with Crippen molar-refractivity contribution in [1.29, 1.82) is 0 Å². The van der Waals surface area contributed by atoms with Crippen molar-refractivity contribution in [3.8, 4) is 5.75 Å². The van der Waals surface area contributed by atoms with Gasteiger partial charge in [-0.25, -0.2) is 4.68 Å². The van der Waals surface area contributed by atoms with Gasteiger partial charge in [-0.15, -0.1) is 5.10 Å².